The van der Waals surface area contributed by atoms with Gasteiger partial charge < -0.3 is 34.6 Å². The van der Waals surface area contributed by atoms with Gasteiger partial charge in [0.25, 0.3) is 0 Å². The van der Waals surface area contributed by atoms with Gasteiger partial charge in [-0.2, -0.15) is 9.97 Å². The molecule has 2 aliphatic rings. The number of hydrogen-bond donors (Lipinski definition) is 2. The lowest BCUT2D eigenvalue weighted by Crippen LogP contribution is -2.46. The second-order valence-electron chi connectivity index (χ2n) is 10.3. The number of methoxy groups -OCH3 is 1. The van der Waals surface area contributed by atoms with Gasteiger partial charge in [-0.3, -0.25) is 0 Å². The number of carbonyl (C=O) groups excluding carboxylic acids is 1. The number of pyridine rings is 1. The fourth-order valence-corrected chi connectivity index (χ4v) is 5.22. The summed E-state index contributed by atoms with van der Waals surface area (Å²) >= 11 is 0. The maximum atomic E-state index is 12.3. The van der Waals surface area contributed by atoms with E-state index in [1.807, 2.05) is 35.2 Å². The second-order valence-corrected chi connectivity index (χ2v) is 10.3. The van der Waals surface area contributed by atoms with Gasteiger partial charge in [0.1, 0.15) is 11.6 Å². The van der Waals surface area contributed by atoms with E-state index >= 15 is 0 Å². The minimum atomic E-state index is -0.126. The van der Waals surface area contributed by atoms with Gasteiger partial charge in [-0.25, -0.2) is 9.78 Å². The summed E-state index contributed by atoms with van der Waals surface area (Å²) < 4.78 is 11.0. The number of benzene rings is 1. The van der Waals surface area contributed by atoms with E-state index in [0.29, 0.717) is 49.2 Å². The number of amides is 2. The molecule has 2 aromatic heterocycles. The summed E-state index contributed by atoms with van der Waals surface area (Å²) in [6, 6.07) is 10.0. The van der Waals surface area contributed by atoms with E-state index < -0.39 is 0 Å². The Labute approximate surface area is 228 Å². The number of aromatic nitrogens is 3. The molecule has 2 amide bonds. The Morgan fingerprint density at radius 2 is 1.95 bits per heavy atom. The molecule has 2 N–H and O–H groups in total. The molecule has 0 aliphatic carbocycles. The Kier molecular flexibility index (Phi) is 7.99. The molecule has 2 fully saturated rings. The van der Waals surface area contributed by atoms with Crippen molar-refractivity contribution in [3.63, 3.8) is 0 Å². The van der Waals surface area contributed by atoms with Crippen molar-refractivity contribution in [3.8, 4) is 17.0 Å². The lowest BCUT2D eigenvalue weighted by molar-refractivity contribution is 0.0987. The number of nitrogens with one attached hydrogen (secondary N) is 1. The lowest BCUT2D eigenvalue weighted by Gasteiger charge is -2.35. The number of aliphatic hydroxyl groups excluding tert-OH is 1. The topological polar surface area (TPSA) is 116 Å². The number of ether oxygens (including phenoxy) is 2. The molecule has 0 unspecified atom stereocenters. The van der Waals surface area contributed by atoms with Gasteiger partial charge in [-0.15, -0.1) is 0 Å². The minimum absolute atomic E-state index is 0.0404. The Bertz CT molecular complexity index is 1330. The Morgan fingerprint density at radius 1 is 1.15 bits per heavy atom. The Hall–Kier alpha value is -3.70. The summed E-state index contributed by atoms with van der Waals surface area (Å²) in [4.78, 5) is 32.9. The van der Waals surface area contributed by atoms with E-state index in [1.54, 1.807) is 26.1 Å². The molecule has 0 spiro atoms. The second kappa shape index (κ2) is 11.6. The van der Waals surface area contributed by atoms with Crippen LogP contribution in [-0.2, 0) is 11.3 Å². The molecule has 4 heterocycles. The zero-order valence-electron chi connectivity index (χ0n) is 23.1. The van der Waals surface area contributed by atoms with E-state index in [1.165, 1.54) is 0 Å². The average Bonchev–Trinajstić information content (AvgIpc) is 2.96. The van der Waals surface area contributed by atoms with Crippen LogP contribution in [0.25, 0.3) is 22.3 Å². The summed E-state index contributed by atoms with van der Waals surface area (Å²) in [6.45, 7) is 5.38. The maximum absolute atomic E-state index is 12.3. The van der Waals surface area contributed by atoms with Crippen molar-refractivity contribution in [2.45, 2.75) is 38.5 Å². The van der Waals surface area contributed by atoms with E-state index in [4.69, 9.17) is 24.4 Å². The number of anilines is 2. The van der Waals surface area contributed by atoms with E-state index in [9.17, 15) is 9.90 Å². The van der Waals surface area contributed by atoms with Gasteiger partial charge in [0.05, 0.1) is 44.1 Å². The zero-order chi connectivity index (χ0) is 27.5. The lowest BCUT2D eigenvalue weighted by atomic mass is 10.1. The first-order valence-corrected chi connectivity index (χ1v) is 13.4. The molecule has 5 rings (SSSR count). The highest BCUT2D eigenvalue weighted by Crippen LogP contribution is 2.31. The smallest absolute Gasteiger partial charge is 0.319 e. The summed E-state index contributed by atoms with van der Waals surface area (Å²) in [6.07, 6.45) is 1.63. The van der Waals surface area contributed by atoms with Gasteiger partial charge in [-0.1, -0.05) is 0 Å². The van der Waals surface area contributed by atoms with Gasteiger partial charge in [-0.05, 0) is 50.1 Å². The van der Waals surface area contributed by atoms with Crippen LogP contribution in [-0.4, -0.2) is 102 Å². The highest BCUT2D eigenvalue weighted by molar-refractivity contribution is 5.90. The molecule has 11 heteroatoms. The quantitative estimate of drug-likeness (QED) is 0.491. The molecule has 2 aliphatic heterocycles. The van der Waals surface area contributed by atoms with Crippen molar-refractivity contribution >= 4 is 28.8 Å². The zero-order valence-corrected chi connectivity index (χ0v) is 23.1. The summed E-state index contributed by atoms with van der Waals surface area (Å²) in [5.41, 5.74) is 2.92. The van der Waals surface area contributed by atoms with Crippen LogP contribution in [0.3, 0.4) is 0 Å². The Balaban J connectivity index is 1.48. The SMILES string of the molecule is COc1ccc(-c2ccc3c(N4CCOC[C@@H]4C)nc(NC4CCN(C(=O)N(C)C)CC4)nc3n2)cc1CO. The van der Waals surface area contributed by atoms with Crippen molar-refractivity contribution in [2.24, 2.45) is 0 Å². The number of piperidine rings is 1. The van der Waals surface area contributed by atoms with Crippen molar-refractivity contribution in [1.29, 1.82) is 0 Å². The molecule has 208 valence electrons. The largest absolute Gasteiger partial charge is 0.496 e. The van der Waals surface area contributed by atoms with Crippen LogP contribution in [0.1, 0.15) is 25.3 Å². The molecular weight excluding hydrogens is 498 g/mol. The predicted molar refractivity (Wildman–Crippen MR) is 150 cm³/mol. The fraction of sp³-hybridized carbons (Fsp3) is 0.500. The molecular formula is C28H37N7O4. The van der Waals surface area contributed by atoms with Crippen LogP contribution in [0.4, 0.5) is 16.6 Å². The molecule has 39 heavy (non-hydrogen) atoms. The number of fused-ring (bicyclic) bond motifs is 1. The van der Waals surface area contributed by atoms with Crippen LogP contribution >= 0.6 is 0 Å². The highest BCUT2D eigenvalue weighted by atomic mass is 16.5. The molecule has 3 aromatic rings. The van der Waals surface area contributed by atoms with Crippen LogP contribution in [0.15, 0.2) is 30.3 Å². The standard InChI is InChI=1S/C28H37N7O4/c1-18-17-39-14-13-35(18)26-22-6-7-23(19-5-8-24(38-4)20(15-19)16-36)30-25(22)31-27(32-26)29-21-9-11-34(12-10-21)28(37)33(2)3/h5-8,15,18,21,36H,9-14,16-17H2,1-4H3,(H,29,30,31,32)/t18-/m0/s1. The van der Waals surface area contributed by atoms with Crippen LogP contribution in [0.2, 0.25) is 0 Å². The number of rotatable bonds is 6. The van der Waals surface area contributed by atoms with Crippen LogP contribution in [0.5, 0.6) is 5.75 Å². The minimum Gasteiger partial charge on any atom is -0.496 e. The first-order chi connectivity index (χ1) is 18.9. The summed E-state index contributed by atoms with van der Waals surface area (Å²) in [5.74, 6) is 2.00. The molecule has 0 radical (unpaired) electrons. The van der Waals surface area contributed by atoms with Crippen LogP contribution in [0, 0.1) is 0 Å². The van der Waals surface area contributed by atoms with Crippen molar-refractivity contribution in [3.05, 3.63) is 35.9 Å². The molecule has 1 aromatic carbocycles. The number of hydrogen-bond acceptors (Lipinski definition) is 9. The Morgan fingerprint density at radius 3 is 2.64 bits per heavy atom. The number of aliphatic hydroxyl groups is 1. The highest BCUT2D eigenvalue weighted by Gasteiger charge is 2.27. The normalized spacial score (nSPS) is 18.3. The summed E-state index contributed by atoms with van der Waals surface area (Å²) in [7, 11) is 5.15. The third-order valence-corrected chi connectivity index (χ3v) is 7.41. The van der Waals surface area contributed by atoms with Gasteiger partial charge in [0.15, 0.2) is 5.65 Å². The molecule has 0 saturated carbocycles. The summed E-state index contributed by atoms with van der Waals surface area (Å²) in [5, 5.41) is 14.2. The first-order valence-electron chi connectivity index (χ1n) is 13.4. The van der Waals surface area contributed by atoms with E-state index in [2.05, 4.69) is 17.1 Å². The van der Waals surface area contributed by atoms with Crippen molar-refractivity contribution in [2.75, 3.05) is 64.3 Å². The average molecular weight is 536 g/mol. The maximum Gasteiger partial charge on any atom is 0.319 e. The van der Waals surface area contributed by atoms with Crippen molar-refractivity contribution < 1.29 is 19.4 Å². The van der Waals surface area contributed by atoms with Crippen LogP contribution < -0.4 is 15.0 Å². The molecule has 2 saturated heterocycles. The monoisotopic (exact) mass is 535 g/mol. The van der Waals surface area contributed by atoms with Gasteiger partial charge in [0.2, 0.25) is 5.95 Å². The fourth-order valence-electron chi connectivity index (χ4n) is 5.22. The number of nitrogens with zero attached hydrogens (tertiary/aromatic N) is 6. The molecule has 0 bridgehead atoms. The van der Waals surface area contributed by atoms with E-state index in [0.717, 1.165) is 41.8 Å². The van der Waals surface area contributed by atoms with Crippen molar-refractivity contribution in [1.82, 2.24) is 24.8 Å². The number of likely N-dealkylation sites (tertiary alicyclic amines) is 1. The molecule has 1 atom stereocenters. The third-order valence-electron chi connectivity index (χ3n) is 7.41. The first kappa shape index (κ1) is 26.9. The molecule has 11 nitrogen and oxygen atoms in total. The number of morpholine rings is 1. The van der Waals surface area contributed by atoms with Gasteiger partial charge in [0, 0.05) is 50.9 Å². The number of carbonyl (C=O) groups is 1. The van der Waals surface area contributed by atoms with Gasteiger partial charge >= 0.3 is 6.03 Å². The third kappa shape index (κ3) is 5.69. The predicted octanol–water partition coefficient (Wildman–Crippen LogP) is 2.98. The van der Waals surface area contributed by atoms with E-state index in [-0.39, 0.29) is 24.7 Å². The number of urea groups is 1.